The highest BCUT2D eigenvalue weighted by Crippen LogP contribution is 2.21. The predicted molar refractivity (Wildman–Crippen MR) is 118 cm³/mol. The highest BCUT2D eigenvalue weighted by Gasteiger charge is 2.38. The molecule has 0 spiro atoms. The van der Waals surface area contributed by atoms with E-state index in [1.807, 2.05) is 0 Å². The van der Waals surface area contributed by atoms with Crippen molar-refractivity contribution in [3.63, 3.8) is 0 Å². The van der Waals surface area contributed by atoms with Gasteiger partial charge >= 0.3 is 18.1 Å². The number of aliphatic carboxylic acids is 1. The minimum absolute atomic E-state index is 0.0235. The summed E-state index contributed by atoms with van der Waals surface area (Å²) in [7, 11) is 1.21. The molecular weight excluding hydrogens is 579 g/mol. The Bertz CT molecular complexity index is 1370. The van der Waals surface area contributed by atoms with Crippen LogP contribution in [0.5, 0.6) is 5.88 Å². The van der Waals surface area contributed by atoms with E-state index in [1.165, 1.54) is 23.9 Å². The largest absolute Gasteiger partial charge is 0.490 e. The van der Waals surface area contributed by atoms with Crippen molar-refractivity contribution in [2.24, 2.45) is 0 Å². The Hall–Kier alpha value is -3.95. The van der Waals surface area contributed by atoms with Crippen molar-refractivity contribution >= 4 is 27.9 Å². The van der Waals surface area contributed by atoms with E-state index in [0.717, 1.165) is 12.1 Å². The lowest BCUT2D eigenvalue weighted by molar-refractivity contribution is -0.192. The first-order chi connectivity index (χ1) is 17.2. The zero-order valence-electron chi connectivity index (χ0n) is 18.8. The van der Waals surface area contributed by atoms with Crippen molar-refractivity contribution in [1.82, 2.24) is 19.5 Å². The number of hydrogen-bond acceptors (Lipinski definition) is 8. The number of aromatic nitrogens is 4. The Morgan fingerprint density at radius 3 is 2.38 bits per heavy atom. The number of methoxy groups -OCH3 is 1. The van der Waals surface area contributed by atoms with Crippen LogP contribution in [0.25, 0.3) is 0 Å². The average Bonchev–Trinajstić information content (AvgIpc) is 2.83. The molecule has 0 atom stereocenters. The first kappa shape index (κ1) is 29.3. The molecule has 10 nitrogen and oxygen atoms in total. The number of benzene rings is 1. The van der Waals surface area contributed by atoms with Gasteiger partial charge < -0.3 is 14.6 Å². The summed E-state index contributed by atoms with van der Waals surface area (Å²) in [6.07, 6.45) is -3.70. The van der Waals surface area contributed by atoms with E-state index in [2.05, 4.69) is 35.6 Å². The maximum atomic E-state index is 13.8. The lowest BCUT2D eigenvalue weighted by atomic mass is 10.2. The molecule has 0 bridgehead atoms. The highest BCUT2D eigenvalue weighted by atomic mass is 79.9. The van der Waals surface area contributed by atoms with E-state index in [9.17, 15) is 31.5 Å². The Balaban J connectivity index is 0.000000604. The molecule has 37 heavy (non-hydrogen) atoms. The molecule has 3 aromatic rings. The predicted octanol–water partition coefficient (Wildman–Crippen LogP) is 3.43. The third-order valence-electron chi connectivity index (χ3n) is 4.30. The molecule has 0 saturated carbocycles. The number of carboxylic acid groups (broad SMARTS) is 1. The second kappa shape index (κ2) is 12.3. The van der Waals surface area contributed by atoms with Crippen LogP contribution in [0, 0.1) is 18.6 Å². The molecule has 0 aliphatic carbocycles. The smallest absolute Gasteiger partial charge is 0.475 e. The summed E-state index contributed by atoms with van der Waals surface area (Å²) in [6.45, 7) is 1.37. The van der Waals surface area contributed by atoms with Gasteiger partial charge in [-0.1, -0.05) is 0 Å². The third-order valence-corrected chi connectivity index (χ3v) is 4.98. The number of carboxylic acids is 1. The first-order valence-electron chi connectivity index (χ1n) is 9.78. The van der Waals surface area contributed by atoms with Gasteiger partial charge in [0.1, 0.15) is 28.5 Å². The van der Waals surface area contributed by atoms with Crippen molar-refractivity contribution in [3.8, 4) is 5.88 Å². The fourth-order valence-electron chi connectivity index (χ4n) is 2.52. The van der Waals surface area contributed by atoms with Gasteiger partial charge in [0, 0.05) is 17.8 Å². The van der Waals surface area contributed by atoms with Gasteiger partial charge in [-0.2, -0.15) is 18.2 Å². The number of rotatable bonds is 6. The number of ether oxygens (including phenoxy) is 2. The number of carbonyl (C=O) groups excluding carboxylic acids is 1. The van der Waals surface area contributed by atoms with E-state index in [4.69, 9.17) is 14.6 Å². The van der Waals surface area contributed by atoms with Gasteiger partial charge in [-0.15, -0.1) is 0 Å². The summed E-state index contributed by atoms with van der Waals surface area (Å²) in [5, 5.41) is 7.12. The normalized spacial score (nSPS) is 10.8. The molecule has 0 fully saturated rings. The summed E-state index contributed by atoms with van der Waals surface area (Å²) in [5.41, 5.74) is 0.0462. The molecular formula is C21H16BrF5N4O6. The van der Waals surface area contributed by atoms with Crippen LogP contribution in [0.3, 0.4) is 0 Å². The summed E-state index contributed by atoms with van der Waals surface area (Å²) in [4.78, 5) is 45.4. The van der Waals surface area contributed by atoms with Crippen LogP contribution in [0.2, 0.25) is 0 Å². The monoisotopic (exact) mass is 594 g/mol. The molecule has 0 aliphatic rings. The lowest BCUT2D eigenvalue weighted by Crippen LogP contribution is -2.26. The van der Waals surface area contributed by atoms with Crippen LogP contribution in [0.15, 0.2) is 39.7 Å². The van der Waals surface area contributed by atoms with Crippen LogP contribution in [0.4, 0.5) is 22.0 Å². The molecule has 0 aliphatic heterocycles. The van der Waals surface area contributed by atoms with Gasteiger partial charge in [-0.25, -0.2) is 28.3 Å². The van der Waals surface area contributed by atoms with E-state index >= 15 is 0 Å². The van der Waals surface area contributed by atoms with Crippen LogP contribution < -0.4 is 10.3 Å². The Morgan fingerprint density at radius 1 is 1.16 bits per heavy atom. The quantitative estimate of drug-likeness (QED) is 0.336. The molecule has 0 amide bonds. The molecule has 1 N–H and O–H groups in total. The zero-order chi connectivity index (χ0) is 27.9. The van der Waals surface area contributed by atoms with Crippen LogP contribution >= 0.6 is 15.9 Å². The van der Waals surface area contributed by atoms with E-state index < -0.39 is 35.3 Å². The number of alkyl halides is 3. The van der Waals surface area contributed by atoms with Gasteiger partial charge in [0.15, 0.2) is 0 Å². The van der Waals surface area contributed by atoms with Gasteiger partial charge in [-0.05, 0) is 41.1 Å². The second-order valence-electron chi connectivity index (χ2n) is 6.86. The van der Waals surface area contributed by atoms with Gasteiger partial charge in [0.05, 0.1) is 19.3 Å². The third kappa shape index (κ3) is 8.03. The molecule has 1 aromatic carbocycles. The molecule has 0 saturated heterocycles. The summed E-state index contributed by atoms with van der Waals surface area (Å²) in [6, 6.07) is 4.65. The first-order valence-corrected chi connectivity index (χ1v) is 10.6. The second-order valence-corrected chi connectivity index (χ2v) is 7.65. The average molecular weight is 595 g/mol. The minimum atomic E-state index is -5.08. The maximum absolute atomic E-state index is 13.8. The zero-order valence-corrected chi connectivity index (χ0v) is 20.4. The van der Waals surface area contributed by atoms with Crippen molar-refractivity contribution in [1.29, 1.82) is 0 Å². The van der Waals surface area contributed by atoms with Crippen LogP contribution in [-0.2, 0) is 22.7 Å². The Labute approximate surface area is 212 Å². The lowest BCUT2D eigenvalue weighted by Gasteiger charge is -2.13. The van der Waals surface area contributed by atoms with Crippen molar-refractivity contribution < 1.29 is 46.1 Å². The highest BCUT2D eigenvalue weighted by molar-refractivity contribution is 9.10. The minimum Gasteiger partial charge on any atom is -0.475 e. The van der Waals surface area contributed by atoms with Gasteiger partial charge in [0.2, 0.25) is 11.7 Å². The molecule has 16 heteroatoms. The summed E-state index contributed by atoms with van der Waals surface area (Å²) >= 11 is 3.15. The Morgan fingerprint density at radius 2 is 1.81 bits per heavy atom. The van der Waals surface area contributed by atoms with Gasteiger partial charge in [-0.3, -0.25) is 9.36 Å². The molecule has 198 valence electrons. The van der Waals surface area contributed by atoms with Crippen LogP contribution in [-0.4, -0.2) is 49.9 Å². The standard InChI is InChI=1S/C19H15BrF2N4O4.C2HF3O2/c1-10-24-17(30-9-11-3-4-12(21)7-14(11)22)15(20)18(27)26(10)8-13-5-6-23-16(25-13)19(28)29-2;3-2(4,5)1(6)7/h3-7H,8-9H2,1-2H3;(H,6,7). The van der Waals surface area contributed by atoms with Crippen molar-refractivity contribution in [3.05, 3.63) is 79.8 Å². The van der Waals surface area contributed by atoms with Crippen molar-refractivity contribution in [2.75, 3.05) is 7.11 Å². The van der Waals surface area contributed by atoms with Gasteiger partial charge in [0.25, 0.3) is 5.56 Å². The number of carbonyl (C=O) groups is 2. The summed E-state index contributed by atoms with van der Waals surface area (Å²) in [5.74, 6) is -4.78. The SMILES string of the molecule is COC(=O)c1nccc(Cn2c(C)nc(OCc3ccc(F)cc3F)c(Br)c2=O)n1.O=C(O)C(F)(F)F. The number of halogens is 6. The van der Waals surface area contributed by atoms with E-state index in [0.29, 0.717) is 11.5 Å². The molecule has 2 heterocycles. The topological polar surface area (TPSA) is 134 Å². The number of hydrogen-bond donors (Lipinski definition) is 1. The maximum Gasteiger partial charge on any atom is 0.490 e. The fourth-order valence-corrected chi connectivity index (χ4v) is 2.93. The molecule has 0 radical (unpaired) electrons. The van der Waals surface area contributed by atoms with E-state index in [1.54, 1.807) is 13.0 Å². The summed E-state index contributed by atoms with van der Waals surface area (Å²) < 4.78 is 69.9. The number of esters is 1. The molecule has 3 rings (SSSR count). The van der Waals surface area contributed by atoms with E-state index in [-0.39, 0.29) is 34.9 Å². The molecule has 2 aromatic heterocycles. The molecule has 0 unspecified atom stereocenters. The van der Waals surface area contributed by atoms with Crippen LogP contribution in [0.1, 0.15) is 27.7 Å². The Kier molecular flexibility index (Phi) is 9.76. The fraction of sp³-hybridized carbons (Fsp3) is 0.238. The van der Waals surface area contributed by atoms with Crippen molar-refractivity contribution in [2.45, 2.75) is 26.3 Å². The number of aryl methyl sites for hydroxylation is 1. The number of nitrogens with zero attached hydrogens (tertiary/aromatic N) is 4.